The lowest BCUT2D eigenvalue weighted by atomic mass is 10.2. The van der Waals surface area contributed by atoms with Crippen LogP contribution in [0.25, 0.3) is 0 Å². The molecule has 0 saturated heterocycles. The van der Waals surface area contributed by atoms with Gasteiger partial charge < -0.3 is 15.0 Å². The highest BCUT2D eigenvalue weighted by Gasteiger charge is 2.14. The normalized spacial score (nSPS) is 12.3. The van der Waals surface area contributed by atoms with E-state index < -0.39 is 10.0 Å². The van der Waals surface area contributed by atoms with Crippen LogP contribution in [0.15, 0.2) is 29.3 Å². The van der Waals surface area contributed by atoms with Crippen LogP contribution in [0.4, 0.5) is 0 Å². The van der Waals surface area contributed by atoms with Crippen molar-refractivity contribution in [3.8, 4) is 5.75 Å². The molecule has 1 aromatic carbocycles. The number of hydrogen-bond donors (Lipinski definition) is 1. The largest absolute Gasteiger partial charge is 0.496 e. The third kappa shape index (κ3) is 6.84. The zero-order chi connectivity index (χ0) is 19.6. The van der Waals surface area contributed by atoms with Gasteiger partial charge in [-0.1, -0.05) is 18.2 Å². The van der Waals surface area contributed by atoms with Gasteiger partial charge in [0.2, 0.25) is 10.0 Å². The van der Waals surface area contributed by atoms with E-state index in [9.17, 15) is 8.42 Å². The number of nitrogens with one attached hydrogen (secondary N) is 1. The predicted molar refractivity (Wildman–Crippen MR) is 107 cm³/mol. The summed E-state index contributed by atoms with van der Waals surface area (Å²) in [6.07, 6.45) is 0.674. The Morgan fingerprint density at radius 3 is 2.54 bits per heavy atom. The van der Waals surface area contributed by atoms with E-state index in [0.717, 1.165) is 23.8 Å². The minimum atomic E-state index is -3.13. The number of guanidine groups is 1. The molecule has 7 nitrogen and oxygen atoms in total. The second kappa shape index (κ2) is 11.0. The molecule has 0 atom stereocenters. The van der Waals surface area contributed by atoms with Gasteiger partial charge in [0, 0.05) is 45.8 Å². The van der Waals surface area contributed by atoms with Crippen LogP contribution in [0.2, 0.25) is 0 Å². The maximum absolute atomic E-state index is 11.8. The molecule has 1 N–H and O–H groups in total. The molecule has 0 saturated carbocycles. The average Bonchev–Trinajstić information content (AvgIpc) is 2.64. The fraction of sp³-hybridized carbons (Fsp3) is 0.611. The third-order valence-corrected chi connectivity index (χ3v) is 5.89. The number of para-hydroxylation sites is 1. The summed E-state index contributed by atoms with van der Waals surface area (Å²) < 4.78 is 30.3. The number of methoxy groups -OCH3 is 1. The molecule has 0 aromatic heterocycles. The molecular formula is C18H32N4O3S. The van der Waals surface area contributed by atoms with E-state index in [2.05, 4.69) is 10.3 Å². The molecule has 0 unspecified atom stereocenters. The van der Waals surface area contributed by atoms with Crippen LogP contribution < -0.4 is 10.1 Å². The third-order valence-electron chi connectivity index (χ3n) is 4.03. The molecule has 0 aliphatic rings. The lowest BCUT2D eigenvalue weighted by molar-refractivity contribution is 0.396. The molecule has 1 rings (SSSR count). The van der Waals surface area contributed by atoms with Crippen molar-refractivity contribution in [1.82, 2.24) is 14.5 Å². The maximum atomic E-state index is 11.8. The molecular weight excluding hydrogens is 352 g/mol. The quantitative estimate of drug-likeness (QED) is 0.378. The van der Waals surface area contributed by atoms with Crippen molar-refractivity contribution in [2.75, 3.05) is 46.6 Å². The van der Waals surface area contributed by atoms with E-state index >= 15 is 0 Å². The highest BCUT2D eigenvalue weighted by molar-refractivity contribution is 7.89. The van der Waals surface area contributed by atoms with Crippen LogP contribution in [0.5, 0.6) is 5.75 Å². The molecule has 0 bridgehead atoms. The van der Waals surface area contributed by atoms with Crippen LogP contribution in [0, 0.1) is 0 Å². The summed E-state index contributed by atoms with van der Waals surface area (Å²) in [5.41, 5.74) is 1.08. The molecule has 0 aliphatic heterocycles. The molecule has 8 heteroatoms. The highest BCUT2D eigenvalue weighted by Crippen LogP contribution is 2.18. The summed E-state index contributed by atoms with van der Waals surface area (Å²) in [6.45, 7) is 6.13. The standard InChI is InChI=1S/C18H32N4O3S/c1-6-19-18(20-13-10-14-22(4)26(23,24)7-2)21(3)15-16-11-8-9-12-17(16)25-5/h8-9,11-12H,6-7,10,13-15H2,1-5H3,(H,19,20). The molecule has 0 aliphatic carbocycles. The second-order valence-corrected chi connectivity index (χ2v) is 8.34. The van der Waals surface area contributed by atoms with E-state index in [1.54, 1.807) is 21.1 Å². The first-order valence-electron chi connectivity index (χ1n) is 8.91. The van der Waals surface area contributed by atoms with Crippen molar-refractivity contribution >= 4 is 16.0 Å². The van der Waals surface area contributed by atoms with Crippen molar-refractivity contribution in [3.05, 3.63) is 29.8 Å². The second-order valence-electron chi connectivity index (χ2n) is 5.98. The molecule has 0 amide bonds. The van der Waals surface area contributed by atoms with Crippen molar-refractivity contribution < 1.29 is 13.2 Å². The van der Waals surface area contributed by atoms with Crippen molar-refractivity contribution in [2.45, 2.75) is 26.8 Å². The lowest BCUT2D eigenvalue weighted by Crippen LogP contribution is -2.38. The summed E-state index contributed by atoms with van der Waals surface area (Å²) >= 11 is 0. The fourth-order valence-corrected chi connectivity index (χ4v) is 3.32. The first-order chi connectivity index (χ1) is 12.4. The minimum absolute atomic E-state index is 0.122. The number of hydrogen-bond acceptors (Lipinski definition) is 4. The van der Waals surface area contributed by atoms with Crippen molar-refractivity contribution in [1.29, 1.82) is 0 Å². The smallest absolute Gasteiger partial charge is 0.213 e. The predicted octanol–water partition coefficient (Wildman–Crippen LogP) is 1.76. The maximum Gasteiger partial charge on any atom is 0.213 e. The Hall–Kier alpha value is -1.80. The van der Waals surface area contributed by atoms with E-state index in [4.69, 9.17) is 4.74 Å². The zero-order valence-corrected chi connectivity index (χ0v) is 17.3. The molecule has 1 aromatic rings. The monoisotopic (exact) mass is 384 g/mol. The SMILES string of the molecule is CCNC(=NCCCN(C)S(=O)(=O)CC)N(C)Cc1ccccc1OC. The van der Waals surface area contributed by atoms with Crippen molar-refractivity contribution in [2.24, 2.45) is 4.99 Å². The van der Waals surface area contributed by atoms with Gasteiger partial charge in [0.25, 0.3) is 0 Å². The number of sulfonamides is 1. The highest BCUT2D eigenvalue weighted by atomic mass is 32.2. The number of nitrogens with zero attached hydrogens (tertiary/aromatic N) is 3. The number of aliphatic imine (C=N–C) groups is 1. The number of benzene rings is 1. The summed E-state index contributed by atoms with van der Waals surface area (Å²) in [5, 5.41) is 3.27. The van der Waals surface area contributed by atoms with Gasteiger partial charge in [-0.05, 0) is 26.3 Å². The summed E-state index contributed by atoms with van der Waals surface area (Å²) in [6, 6.07) is 7.91. The van der Waals surface area contributed by atoms with Gasteiger partial charge in [-0.25, -0.2) is 12.7 Å². The summed E-state index contributed by atoms with van der Waals surface area (Å²) in [7, 11) is 2.12. The van der Waals surface area contributed by atoms with Gasteiger partial charge in [-0.2, -0.15) is 0 Å². The molecule has 0 spiro atoms. The minimum Gasteiger partial charge on any atom is -0.496 e. The number of ether oxygens (including phenoxy) is 1. The van der Waals surface area contributed by atoms with E-state index in [1.807, 2.05) is 43.1 Å². The van der Waals surface area contributed by atoms with Gasteiger partial charge in [0.1, 0.15) is 5.75 Å². The average molecular weight is 385 g/mol. The van der Waals surface area contributed by atoms with Gasteiger partial charge in [-0.3, -0.25) is 4.99 Å². The topological polar surface area (TPSA) is 74.2 Å². The van der Waals surface area contributed by atoms with Crippen LogP contribution in [-0.4, -0.2) is 70.2 Å². The first kappa shape index (κ1) is 22.2. The molecule has 0 radical (unpaired) electrons. The van der Waals surface area contributed by atoms with Crippen molar-refractivity contribution in [3.63, 3.8) is 0 Å². The Labute approximate surface area is 158 Å². The van der Waals surface area contributed by atoms with Gasteiger partial charge >= 0.3 is 0 Å². The Morgan fingerprint density at radius 2 is 1.92 bits per heavy atom. The van der Waals surface area contributed by atoms with Gasteiger partial charge in [-0.15, -0.1) is 0 Å². The van der Waals surface area contributed by atoms with E-state index in [-0.39, 0.29) is 5.75 Å². The first-order valence-corrected chi connectivity index (χ1v) is 10.5. The Bertz CT molecular complexity index is 677. The number of rotatable bonds is 10. The molecule has 148 valence electrons. The summed E-state index contributed by atoms with van der Waals surface area (Å²) in [4.78, 5) is 6.65. The summed E-state index contributed by atoms with van der Waals surface area (Å²) in [5.74, 6) is 1.76. The van der Waals surface area contributed by atoms with E-state index in [1.165, 1.54) is 4.31 Å². The Morgan fingerprint density at radius 1 is 1.23 bits per heavy atom. The van der Waals surface area contributed by atoms with Gasteiger partial charge in [0.05, 0.1) is 12.9 Å². The Balaban J connectivity index is 2.67. The van der Waals surface area contributed by atoms with Crippen LogP contribution in [-0.2, 0) is 16.6 Å². The Kier molecular flexibility index (Phi) is 9.43. The van der Waals surface area contributed by atoms with Crippen LogP contribution in [0.1, 0.15) is 25.8 Å². The van der Waals surface area contributed by atoms with Gasteiger partial charge in [0.15, 0.2) is 5.96 Å². The van der Waals surface area contributed by atoms with Crippen LogP contribution in [0.3, 0.4) is 0 Å². The van der Waals surface area contributed by atoms with E-state index in [0.29, 0.717) is 26.1 Å². The molecule has 0 fully saturated rings. The lowest BCUT2D eigenvalue weighted by Gasteiger charge is -2.23. The molecule has 0 heterocycles. The van der Waals surface area contributed by atoms with Crippen LogP contribution >= 0.6 is 0 Å². The zero-order valence-electron chi connectivity index (χ0n) is 16.5. The molecule has 26 heavy (non-hydrogen) atoms. The fourth-order valence-electron chi connectivity index (χ4n) is 2.47.